The third kappa shape index (κ3) is 3.28. The molecule has 0 spiro atoms. The second-order valence-corrected chi connectivity index (χ2v) is 6.05. The van der Waals surface area contributed by atoms with Gasteiger partial charge in [0.2, 0.25) is 0 Å². The van der Waals surface area contributed by atoms with E-state index >= 15 is 0 Å². The molecule has 0 fully saturated rings. The first kappa shape index (κ1) is 14.4. The number of nitrogens with one attached hydrogen (secondary N) is 1. The molecule has 5 nitrogen and oxygen atoms in total. The van der Waals surface area contributed by atoms with E-state index in [1.54, 1.807) is 12.1 Å². The molecule has 0 amide bonds. The van der Waals surface area contributed by atoms with Gasteiger partial charge in [-0.3, -0.25) is 4.72 Å². The number of carbonyl (C=O) groups excluding carboxylic acids is 1. The average Bonchev–Trinajstić information content (AvgIpc) is 2.38. The van der Waals surface area contributed by atoms with Crippen molar-refractivity contribution < 1.29 is 18.3 Å². The maximum atomic E-state index is 12.1. The van der Waals surface area contributed by atoms with E-state index in [0.717, 1.165) is 6.07 Å². The first-order valence-electron chi connectivity index (χ1n) is 5.48. The maximum Gasteiger partial charge on any atom is 0.261 e. The Labute approximate surface area is 120 Å². The van der Waals surface area contributed by atoms with E-state index in [9.17, 15) is 18.3 Å². The molecule has 2 aromatic carbocycles. The lowest BCUT2D eigenvalue weighted by Gasteiger charge is -2.10. The van der Waals surface area contributed by atoms with Crippen LogP contribution in [0.5, 0.6) is 0 Å². The van der Waals surface area contributed by atoms with Crippen LogP contribution in [0.1, 0.15) is 10.4 Å². The Hall–Kier alpha value is -2.05. The van der Waals surface area contributed by atoms with E-state index in [-0.39, 0.29) is 16.1 Å². The van der Waals surface area contributed by atoms with Gasteiger partial charge in [-0.2, -0.15) is 0 Å². The minimum Gasteiger partial charge on any atom is -0.545 e. The van der Waals surface area contributed by atoms with Gasteiger partial charge in [0.15, 0.2) is 0 Å². The molecule has 0 saturated heterocycles. The molecule has 0 aromatic heterocycles. The highest BCUT2D eigenvalue weighted by molar-refractivity contribution is 7.92. The highest BCUT2D eigenvalue weighted by atomic mass is 35.5. The summed E-state index contributed by atoms with van der Waals surface area (Å²) in [4.78, 5) is 10.6. The Morgan fingerprint density at radius 2 is 1.80 bits per heavy atom. The van der Waals surface area contributed by atoms with Crippen LogP contribution in [0.3, 0.4) is 0 Å². The van der Waals surface area contributed by atoms with E-state index in [2.05, 4.69) is 4.72 Å². The molecule has 0 heterocycles. The zero-order valence-electron chi connectivity index (χ0n) is 10.0. The predicted molar refractivity (Wildman–Crippen MR) is 73.0 cm³/mol. The number of hydrogen-bond acceptors (Lipinski definition) is 4. The molecule has 0 radical (unpaired) electrons. The van der Waals surface area contributed by atoms with Crippen LogP contribution in [0.15, 0.2) is 53.4 Å². The monoisotopic (exact) mass is 310 g/mol. The lowest BCUT2D eigenvalue weighted by atomic mass is 10.2. The van der Waals surface area contributed by atoms with Crippen LogP contribution in [-0.2, 0) is 10.0 Å². The van der Waals surface area contributed by atoms with Crippen LogP contribution in [0.25, 0.3) is 0 Å². The van der Waals surface area contributed by atoms with Crippen LogP contribution >= 0.6 is 11.6 Å². The number of aromatic carboxylic acids is 1. The smallest absolute Gasteiger partial charge is 0.261 e. The van der Waals surface area contributed by atoms with Gasteiger partial charge in [-0.25, -0.2) is 8.42 Å². The number of carbonyl (C=O) groups is 1. The second kappa shape index (κ2) is 5.52. The lowest BCUT2D eigenvalue weighted by Crippen LogP contribution is -2.23. The molecule has 1 N–H and O–H groups in total. The molecular weight excluding hydrogens is 302 g/mol. The van der Waals surface area contributed by atoms with E-state index in [0.29, 0.717) is 5.02 Å². The summed E-state index contributed by atoms with van der Waals surface area (Å²) < 4.78 is 26.6. The molecule has 0 unspecified atom stereocenters. The molecule has 0 aliphatic rings. The van der Waals surface area contributed by atoms with Crippen molar-refractivity contribution >= 4 is 33.3 Å². The molecule has 0 atom stereocenters. The Bertz CT molecular complexity index is 758. The summed E-state index contributed by atoms with van der Waals surface area (Å²) in [6.45, 7) is 0. The first-order chi connectivity index (χ1) is 9.38. The van der Waals surface area contributed by atoms with Gasteiger partial charge < -0.3 is 9.90 Å². The SMILES string of the molecule is O=C([O-])c1cccc(S(=O)(=O)Nc2cccc(Cl)c2)c1. The molecule has 0 saturated carbocycles. The third-order valence-electron chi connectivity index (χ3n) is 2.46. The van der Waals surface area contributed by atoms with Crippen molar-refractivity contribution in [2.75, 3.05) is 4.72 Å². The number of benzene rings is 2. The molecule has 2 rings (SSSR count). The summed E-state index contributed by atoms with van der Waals surface area (Å²) in [7, 11) is -3.89. The highest BCUT2D eigenvalue weighted by Crippen LogP contribution is 2.19. The molecule has 0 aliphatic heterocycles. The number of hydrogen-bond donors (Lipinski definition) is 1. The van der Waals surface area contributed by atoms with E-state index in [1.165, 1.54) is 30.3 Å². The predicted octanol–water partition coefficient (Wildman–Crippen LogP) is 1.50. The van der Waals surface area contributed by atoms with Gasteiger partial charge in [0.25, 0.3) is 10.0 Å². The van der Waals surface area contributed by atoms with E-state index in [4.69, 9.17) is 11.6 Å². The molecule has 104 valence electrons. The van der Waals surface area contributed by atoms with Gasteiger partial charge in [0.1, 0.15) is 0 Å². The molecular formula is C13H9ClNO4S-. The summed E-state index contributed by atoms with van der Waals surface area (Å²) in [5.41, 5.74) is 0.0790. The van der Waals surface area contributed by atoms with Gasteiger partial charge in [-0.15, -0.1) is 0 Å². The standard InChI is InChI=1S/C13H10ClNO4S/c14-10-4-2-5-11(8-10)15-20(18,19)12-6-1-3-9(7-12)13(16)17/h1-8,15H,(H,16,17)/p-1. The van der Waals surface area contributed by atoms with Crippen molar-refractivity contribution in [2.24, 2.45) is 0 Å². The molecule has 20 heavy (non-hydrogen) atoms. The Morgan fingerprint density at radius 1 is 1.10 bits per heavy atom. The van der Waals surface area contributed by atoms with E-state index in [1.807, 2.05) is 0 Å². The number of sulfonamides is 1. The normalized spacial score (nSPS) is 11.1. The number of carboxylic acids is 1. The zero-order valence-corrected chi connectivity index (χ0v) is 11.6. The van der Waals surface area contributed by atoms with Crippen LogP contribution < -0.4 is 9.83 Å². The number of halogens is 1. The van der Waals surface area contributed by atoms with Crippen LogP contribution in [0.4, 0.5) is 5.69 Å². The molecule has 7 heteroatoms. The van der Waals surface area contributed by atoms with Gasteiger partial charge in [0, 0.05) is 5.02 Å². The van der Waals surface area contributed by atoms with Gasteiger partial charge in [0.05, 0.1) is 16.6 Å². The fourth-order valence-electron chi connectivity index (χ4n) is 1.56. The maximum absolute atomic E-state index is 12.1. The van der Waals surface area contributed by atoms with Crippen molar-refractivity contribution in [1.82, 2.24) is 0 Å². The van der Waals surface area contributed by atoms with Crippen LogP contribution in [-0.4, -0.2) is 14.4 Å². The largest absolute Gasteiger partial charge is 0.545 e. The fourth-order valence-corrected chi connectivity index (χ4v) is 2.84. The average molecular weight is 311 g/mol. The molecule has 0 aliphatic carbocycles. The highest BCUT2D eigenvalue weighted by Gasteiger charge is 2.14. The first-order valence-corrected chi connectivity index (χ1v) is 7.34. The Kier molecular flexibility index (Phi) is 3.96. The minimum absolute atomic E-state index is 0.167. The van der Waals surface area contributed by atoms with Crippen molar-refractivity contribution in [3.05, 3.63) is 59.1 Å². The third-order valence-corrected chi connectivity index (χ3v) is 4.07. The van der Waals surface area contributed by atoms with Gasteiger partial charge >= 0.3 is 0 Å². The minimum atomic E-state index is -3.89. The Balaban J connectivity index is 2.35. The van der Waals surface area contributed by atoms with Crippen molar-refractivity contribution in [2.45, 2.75) is 4.90 Å². The van der Waals surface area contributed by atoms with Crippen molar-refractivity contribution in [3.8, 4) is 0 Å². The lowest BCUT2D eigenvalue weighted by molar-refractivity contribution is -0.255. The summed E-state index contributed by atoms with van der Waals surface area (Å²) in [5, 5.41) is 11.1. The van der Waals surface area contributed by atoms with Crippen LogP contribution in [0.2, 0.25) is 5.02 Å². The van der Waals surface area contributed by atoms with Crippen LogP contribution in [0, 0.1) is 0 Å². The fraction of sp³-hybridized carbons (Fsp3) is 0. The second-order valence-electron chi connectivity index (χ2n) is 3.93. The van der Waals surface area contributed by atoms with Crippen molar-refractivity contribution in [3.63, 3.8) is 0 Å². The topological polar surface area (TPSA) is 86.3 Å². The van der Waals surface area contributed by atoms with Gasteiger partial charge in [-0.05, 0) is 35.9 Å². The summed E-state index contributed by atoms with van der Waals surface area (Å²) >= 11 is 5.77. The molecule has 0 bridgehead atoms. The zero-order chi connectivity index (χ0) is 14.8. The number of rotatable bonds is 4. The summed E-state index contributed by atoms with van der Waals surface area (Å²) in [6, 6.07) is 11.1. The summed E-state index contributed by atoms with van der Waals surface area (Å²) in [6.07, 6.45) is 0. The number of carboxylic acid groups (broad SMARTS) is 1. The number of anilines is 1. The molecule has 2 aromatic rings. The summed E-state index contributed by atoms with van der Waals surface area (Å²) in [5.74, 6) is -1.44. The van der Waals surface area contributed by atoms with E-state index < -0.39 is 16.0 Å². The Morgan fingerprint density at radius 3 is 2.45 bits per heavy atom. The quantitative estimate of drug-likeness (QED) is 0.927. The van der Waals surface area contributed by atoms with Gasteiger partial charge in [-0.1, -0.05) is 29.8 Å². The van der Waals surface area contributed by atoms with Crippen molar-refractivity contribution in [1.29, 1.82) is 0 Å².